The molecule has 3 atom stereocenters. The van der Waals surface area contributed by atoms with Crippen LogP contribution in [0.4, 0.5) is 0 Å². The lowest BCUT2D eigenvalue weighted by molar-refractivity contribution is -0.153. The minimum absolute atomic E-state index is 0.193. The predicted molar refractivity (Wildman–Crippen MR) is 182 cm³/mol. The molecule has 11 heteroatoms. The fourth-order valence-corrected chi connectivity index (χ4v) is 5.96. The maximum atomic E-state index is 12.2. The summed E-state index contributed by atoms with van der Waals surface area (Å²) in [6.07, 6.45) is 25.5. The smallest absolute Gasteiger partial charge is 0.457 e. The molecule has 0 saturated heterocycles. The summed E-state index contributed by atoms with van der Waals surface area (Å²) in [6, 6.07) is 0. The fourth-order valence-electron chi connectivity index (χ4n) is 5.17. The van der Waals surface area contributed by atoms with Crippen LogP contribution in [0.5, 0.6) is 0 Å². The molecule has 0 aliphatic rings. The van der Waals surface area contributed by atoms with Gasteiger partial charge in [0, 0.05) is 12.8 Å². The maximum absolute atomic E-state index is 12.2. The molecule has 0 aromatic rings. The average Bonchev–Trinajstić information content (AvgIpc) is 3.04. The largest absolute Gasteiger partial charge is 0.472 e. The lowest BCUT2D eigenvalue weighted by atomic mass is 10.0. The third kappa shape index (κ3) is 30.3. The summed E-state index contributed by atoms with van der Waals surface area (Å²) in [5.74, 6) is -1.02. The van der Waals surface area contributed by atoms with Crippen LogP contribution in [0.2, 0.25) is 0 Å². The van der Waals surface area contributed by atoms with Crippen LogP contribution in [0.15, 0.2) is 0 Å². The minimum atomic E-state index is -4.61. The Morgan fingerprint density at radius 2 is 0.761 bits per heavy atom. The monoisotopic (exact) mass is 680 g/mol. The van der Waals surface area contributed by atoms with E-state index in [0.717, 1.165) is 44.9 Å². The molecule has 0 fully saturated rings. The Morgan fingerprint density at radius 1 is 0.500 bits per heavy atom. The molecule has 46 heavy (non-hydrogen) atoms. The second-order valence-electron chi connectivity index (χ2n) is 12.6. The maximum Gasteiger partial charge on any atom is 0.472 e. The summed E-state index contributed by atoms with van der Waals surface area (Å²) in [7, 11) is -4.61. The van der Waals surface area contributed by atoms with E-state index in [2.05, 4.69) is 13.8 Å². The molecule has 0 aromatic carbocycles. The fraction of sp³-hybridized carbons (Fsp3) is 0.943. The second kappa shape index (κ2) is 32.5. The lowest BCUT2D eigenvalue weighted by Crippen LogP contribution is -2.28. The number of carbonyl (C=O) groups excluding carboxylic acids is 2. The van der Waals surface area contributed by atoms with Crippen LogP contribution in [0.1, 0.15) is 174 Å². The van der Waals surface area contributed by atoms with Gasteiger partial charge in [0.15, 0.2) is 0 Å². The number of aliphatic hydroxyl groups excluding tert-OH is 2. The van der Waals surface area contributed by atoms with Gasteiger partial charge >= 0.3 is 19.8 Å². The van der Waals surface area contributed by atoms with Gasteiger partial charge in [-0.25, -0.2) is 4.57 Å². The Bertz CT molecular complexity index is 751. The normalized spacial score (nSPS) is 14.1. The van der Waals surface area contributed by atoms with Crippen molar-refractivity contribution >= 4 is 19.8 Å². The van der Waals surface area contributed by atoms with Gasteiger partial charge in [0.2, 0.25) is 0 Å². The SMILES string of the molecule is CCCCCCCCCCCCCCCCCCCC(=O)OC(CO)COP(=O)(O)OCC(CO)OC(=O)CCCCCCCC. The van der Waals surface area contributed by atoms with Crippen LogP contribution in [0.25, 0.3) is 0 Å². The number of unbranched alkanes of at least 4 members (excludes halogenated alkanes) is 21. The molecule has 0 spiro atoms. The lowest BCUT2D eigenvalue weighted by Gasteiger charge is -2.20. The van der Waals surface area contributed by atoms with Crippen molar-refractivity contribution in [1.29, 1.82) is 0 Å². The van der Waals surface area contributed by atoms with Crippen molar-refractivity contribution < 1.29 is 47.8 Å². The van der Waals surface area contributed by atoms with Crippen molar-refractivity contribution in [3.8, 4) is 0 Å². The first-order valence-electron chi connectivity index (χ1n) is 18.5. The molecule has 0 aliphatic carbocycles. The number of hydrogen-bond donors (Lipinski definition) is 3. The highest BCUT2D eigenvalue weighted by Crippen LogP contribution is 2.43. The number of carbonyl (C=O) groups is 2. The van der Waals surface area contributed by atoms with Gasteiger partial charge in [0.25, 0.3) is 0 Å². The standard InChI is InChI=1S/C35H69O10P/c1-3-5-7-9-11-12-13-14-15-16-17-18-19-20-21-23-25-27-35(39)45-33(29-37)31-43-46(40,41)42-30-32(28-36)44-34(38)26-24-22-10-8-6-4-2/h32-33,36-37H,3-31H2,1-2H3,(H,40,41). The first-order valence-corrected chi connectivity index (χ1v) is 20.0. The highest BCUT2D eigenvalue weighted by molar-refractivity contribution is 7.47. The van der Waals surface area contributed by atoms with Crippen LogP contribution in [-0.2, 0) is 32.7 Å². The Balaban J connectivity index is 3.89. The van der Waals surface area contributed by atoms with Gasteiger partial charge in [-0.2, -0.15) is 0 Å². The molecule has 274 valence electrons. The molecule has 10 nitrogen and oxygen atoms in total. The second-order valence-corrected chi connectivity index (χ2v) is 14.0. The summed E-state index contributed by atoms with van der Waals surface area (Å²) >= 11 is 0. The molecule has 3 unspecified atom stereocenters. The molecule has 0 rings (SSSR count). The summed E-state index contributed by atoms with van der Waals surface area (Å²) in [6.45, 7) is 2.13. The van der Waals surface area contributed by atoms with Crippen molar-refractivity contribution in [2.24, 2.45) is 0 Å². The Kier molecular flexibility index (Phi) is 31.8. The molecule has 0 bridgehead atoms. The Morgan fingerprint density at radius 3 is 1.02 bits per heavy atom. The Labute approximate surface area is 280 Å². The van der Waals surface area contributed by atoms with Crippen molar-refractivity contribution in [2.75, 3.05) is 26.4 Å². The zero-order valence-electron chi connectivity index (χ0n) is 29.3. The van der Waals surface area contributed by atoms with E-state index in [0.29, 0.717) is 12.8 Å². The molecule has 0 amide bonds. The van der Waals surface area contributed by atoms with E-state index in [4.69, 9.17) is 18.5 Å². The van der Waals surface area contributed by atoms with Gasteiger partial charge in [-0.1, -0.05) is 149 Å². The Hall–Kier alpha value is -1.03. The quantitative estimate of drug-likeness (QED) is 0.0337. The number of phosphoric ester groups is 1. The van der Waals surface area contributed by atoms with E-state index in [1.807, 2.05) is 0 Å². The van der Waals surface area contributed by atoms with Crippen LogP contribution < -0.4 is 0 Å². The van der Waals surface area contributed by atoms with E-state index in [-0.39, 0.29) is 12.8 Å². The number of ether oxygens (including phenoxy) is 2. The molecule has 0 saturated carbocycles. The van der Waals surface area contributed by atoms with Crippen molar-refractivity contribution in [3.63, 3.8) is 0 Å². The van der Waals surface area contributed by atoms with Crippen molar-refractivity contribution in [1.82, 2.24) is 0 Å². The van der Waals surface area contributed by atoms with E-state index in [1.54, 1.807) is 0 Å². The number of phosphoric acid groups is 1. The van der Waals surface area contributed by atoms with E-state index >= 15 is 0 Å². The average molecular weight is 681 g/mol. The highest BCUT2D eigenvalue weighted by atomic mass is 31.2. The number of hydrogen-bond acceptors (Lipinski definition) is 9. The van der Waals surface area contributed by atoms with Crippen LogP contribution in [0, 0.1) is 0 Å². The zero-order valence-corrected chi connectivity index (χ0v) is 30.2. The van der Waals surface area contributed by atoms with Gasteiger partial charge < -0.3 is 24.6 Å². The number of aliphatic hydroxyl groups is 2. The minimum Gasteiger partial charge on any atom is -0.457 e. The van der Waals surface area contributed by atoms with E-state index in [9.17, 15) is 29.3 Å². The molecule has 0 aromatic heterocycles. The van der Waals surface area contributed by atoms with Gasteiger partial charge in [0.1, 0.15) is 12.2 Å². The van der Waals surface area contributed by atoms with E-state index in [1.165, 1.54) is 89.9 Å². The number of rotatable bonds is 35. The van der Waals surface area contributed by atoms with Crippen LogP contribution in [0.3, 0.4) is 0 Å². The molecular formula is C35H69O10P. The third-order valence-corrected chi connectivity index (χ3v) is 9.02. The summed E-state index contributed by atoms with van der Waals surface area (Å²) in [4.78, 5) is 34.1. The van der Waals surface area contributed by atoms with Crippen LogP contribution in [-0.4, -0.2) is 65.7 Å². The highest BCUT2D eigenvalue weighted by Gasteiger charge is 2.27. The number of esters is 2. The molecule has 0 aliphatic heterocycles. The first kappa shape index (κ1) is 45.0. The topological polar surface area (TPSA) is 149 Å². The van der Waals surface area contributed by atoms with Gasteiger partial charge in [-0.05, 0) is 12.8 Å². The molecule has 3 N–H and O–H groups in total. The van der Waals surface area contributed by atoms with Crippen LogP contribution >= 0.6 is 7.82 Å². The van der Waals surface area contributed by atoms with E-state index < -0.39 is 58.4 Å². The molecular weight excluding hydrogens is 611 g/mol. The van der Waals surface area contributed by atoms with Crippen molar-refractivity contribution in [3.05, 3.63) is 0 Å². The summed E-state index contributed by atoms with van der Waals surface area (Å²) in [5, 5.41) is 19.0. The van der Waals surface area contributed by atoms with Gasteiger partial charge in [-0.15, -0.1) is 0 Å². The predicted octanol–water partition coefficient (Wildman–Crippen LogP) is 8.72. The molecule has 0 heterocycles. The van der Waals surface area contributed by atoms with Gasteiger partial charge in [-0.3, -0.25) is 18.6 Å². The zero-order chi connectivity index (χ0) is 34.1. The first-order chi connectivity index (χ1) is 22.3. The van der Waals surface area contributed by atoms with Gasteiger partial charge in [0.05, 0.1) is 26.4 Å². The summed E-state index contributed by atoms with van der Waals surface area (Å²) in [5.41, 5.74) is 0. The van der Waals surface area contributed by atoms with Crippen molar-refractivity contribution in [2.45, 2.75) is 187 Å². The molecule has 0 radical (unpaired) electrons. The third-order valence-electron chi connectivity index (χ3n) is 8.07. The summed E-state index contributed by atoms with van der Waals surface area (Å²) < 4.78 is 32.2.